The van der Waals surface area contributed by atoms with Crippen LogP contribution in [0.5, 0.6) is 0 Å². The summed E-state index contributed by atoms with van der Waals surface area (Å²) in [6.07, 6.45) is 3.53. The van der Waals surface area contributed by atoms with Crippen molar-refractivity contribution in [1.29, 1.82) is 0 Å². The van der Waals surface area contributed by atoms with Crippen molar-refractivity contribution in [3.8, 4) is 0 Å². The van der Waals surface area contributed by atoms with Gasteiger partial charge in [0.05, 0.1) is 17.4 Å². The quantitative estimate of drug-likeness (QED) is 0.860. The van der Waals surface area contributed by atoms with Crippen LogP contribution in [0.15, 0.2) is 30.5 Å². The zero-order valence-electron chi connectivity index (χ0n) is 14.1. The summed E-state index contributed by atoms with van der Waals surface area (Å²) in [7, 11) is 0. The van der Waals surface area contributed by atoms with Crippen molar-refractivity contribution in [1.82, 2.24) is 24.6 Å². The van der Waals surface area contributed by atoms with E-state index in [1.807, 2.05) is 24.1 Å². The van der Waals surface area contributed by atoms with Crippen molar-refractivity contribution in [3.05, 3.63) is 47.5 Å². The molecule has 4 rings (SSSR count). The monoisotopic (exact) mass is 325 g/mol. The van der Waals surface area contributed by atoms with Crippen LogP contribution in [0.1, 0.15) is 36.0 Å². The Balaban J connectivity index is 1.51. The molecule has 2 aromatic heterocycles. The van der Waals surface area contributed by atoms with E-state index in [9.17, 15) is 4.79 Å². The number of aromatic nitrogens is 3. The van der Waals surface area contributed by atoms with Crippen LogP contribution in [-0.4, -0.2) is 50.1 Å². The predicted octanol–water partition coefficient (Wildman–Crippen LogP) is 1.77. The highest BCUT2D eigenvalue weighted by atomic mass is 16.2. The smallest absolute Gasteiger partial charge is 0.222 e. The second-order valence-electron chi connectivity index (χ2n) is 6.80. The summed E-state index contributed by atoms with van der Waals surface area (Å²) in [6, 6.07) is 8.46. The van der Waals surface area contributed by atoms with E-state index in [-0.39, 0.29) is 11.9 Å². The molecule has 0 spiro atoms. The van der Waals surface area contributed by atoms with Gasteiger partial charge in [-0.05, 0) is 31.5 Å². The molecule has 6 heteroatoms. The molecule has 0 saturated carbocycles. The van der Waals surface area contributed by atoms with E-state index in [1.165, 1.54) is 5.69 Å². The molecule has 1 atom stereocenters. The maximum absolute atomic E-state index is 12.0. The van der Waals surface area contributed by atoms with Crippen LogP contribution in [0, 0.1) is 6.92 Å². The van der Waals surface area contributed by atoms with E-state index >= 15 is 0 Å². The number of aryl methyl sites for hydroxylation is 1. The van der Waals surface area contributed by atoms with Gasteiger partial charge in [0.2, 0.25) is 5.91 Å². The molecular weight excluding hydrogens is 302 g/mol. The Labute approximate surface area is 142 Å². The molecule has 126 valence electrons. The molecule has 0 bridgehead atoms. The van der Waals surface area contributed by atoms with E-state index in [2.05, 4.69) is 37.9 Å². The molecule has 4 heterocycles. The first-order valence-electron chi connectivity index (χ1n) is 8.64. The van der Waals surface area contributed by atoms with Crippen molar-refractivity contribution in [2.24, 2.45) is 0 Å². The number of likely N-dealkylation sites (tertiary alicyclic amines) is 1. The van der Waals surface area contributed by atoms with Crippen LogP contribution in [0.4, 0.5) is 0 Å². The molecule has 0 aliphatic carbocycles. The van der Waals surface area contributed by atoms with E-state index in [1.54, 1.807) is 0 Å². The third-order valence-electron chi connectivity index (χ3n) is 4.89. The number of carbonyl (C=O) groups excluding carboxylic acids is 1. The number of amides is 1. The Morgan fingerprint density at radius 2 is 2.21 bits per heavy atom. The van der Waals surface area contributed by atoms with Gasteiger partial charge in [-0.25, -0.2) is 0 Å². The van der Waals surface area contributed by atoms with Crippen molar-refractivity contribution in [2.45, 2.75) is 38.9 Å². The van der Waals surface area contributed by atoms with Gasteiger partial charge < -0.3 is 4.90 Å². The maximum Gasteiger partial charge on any atom is 0.222 e. The highest BCUT2D eigenvalue weighted by Crippen LogP contribution is 2.24. The van der Waals surface area contributed by atoms with Gasteiger partial charge in [0.15, 0.2) is 0 Å². The van der Waals surface area contributed by atoms with Crippen LogP contribution in [0.25, 0.3) is 0 Å². The molecule has 0 unspecified atom stereocenters. The number of carbonyl (C=O) groups is 1. The van der Waals surface area contributed by atoms with E-state index in [4.69, 9.17) is 0 Å². The summed E-state index contributed by atoms with van der Waals surface area (Å²) in [6.45, 7) is 6.26. The summed E-state index contributed by atoms with van der Waals surface area (Å²) in [4.78, 5) is 21.0. The van der Waals surface area contributed by atoms with Crippen LogP contribution in [0.3, 0.4) is 0 Å². The van der Waals surface area contributed by atoms with Crippen LogP contribution < -0.4 is 0 Å². The van der Waals surface area contributed by atoms with Gasteiger partial charge in [-0.2, -0.15) is 5.10 Å². The fraction of sp³-hybridized carbons (Fsp3) is 0.500. The lowest BCUT2D eigenvalue weighted by Gasteiger charge is -2.35. The number of hydrogen-bond donors (Lipinski definition) is 0. The lowest BCUT2D eigenvalue weighted by Crippen LogP contribution is -2.43. The minimum atomic E-state index is 0.218. The van der Waals surface area contributed by atoms with Crippen LogP contribution >= 0.6 is 0 Å². The number of pyridine rings is 1. The summed E-state index contributed by atoms with van der Waals surface area (Å²) in [5.74, 6) is 0.279. The van der Waals surface area contributed by atoms with Gasteiger partial charge in [0, 0.05) is 51.0 Å². The van der Waals surface area contributed by atoms with Gasteiger partial charge in [-0.1, -0.05) is 6.07 Å². The predicted molar refractivity (Wildman–Crippen MR) is 90.2 cm³/mol. The molecule has 2 aromatic rings. The molecule has 24 heavy (non-hydrogen) atoms. The standard InChI is InChI=1S/C18H23N5O/c1-14-4-2-5-15(20-14)10-21-11-16-7-8-19-23(16)17(12-21)13-22-9-3-6-18(22)24/h2,4-5,7-8,17H,3,6,9-13H2,1H3/t17-/m0/s1. The zero-order valence-corrected chi connectivity index (χ0v) is 14.1. The molecule has 6 nitrogen and oxygen atoms in total. The Morgan fingerprint density at radius 1 is 1.29 bits per heavy atom. The van der Waals surface area contributed by atoms with E-state index < -0.39 is 0 Å². The molecule has 1 amide bonds. The van der Waals surface area contributed by atoms with Gasteiger partial charge >= 0.3 is 0 Å². The summed E-state index contributed by atoms with van der Waals surface area (Å²) in [5.41, 5.74) is 3.36. The first-order valence-corrected chi connectivity index (χ1v) is 8.64. The Morgan fingerprint density at radius 3 is 3.00 bits per heavy atom. The minimum Gasteiger partial charge on any atom is -0.340 e. The van der Waals surface area contributed by atoms with Crippen molar-refractivity contribution >= 4 is 5.91 Å². The van der Waals surface area contributed by atoms with Gasteiger partial charge in [-0.3, -0.25) is 19.4 Å². The van der Waals surface area contributed by atoms with Gasteiger partial charge in [0.25, 0.3) is 0 Å². The average Bonchev–Trinajstić information content (AvgIpc) is 3.17. The zero-order chi connectivity index (χ0) is 16.5. The molecule has 1 fully saturated rings. The Kier molecular flexibility index (Phi) is 4.06. The number of nitrogens with zero attached hydrogens (tertiary/aromatic N) is 5. The highest BCUT2D eigenvalue weighted by molar-refractivity contribution is 5.78. The average molecular weight is 325 g/mol. The lowest BCUT2D eigenvalue weighted by atomic mass is 10.1. The number of hydrogen-bond acceptors (Lipinski definition) is 4. The third kappa shape index (κ3) is 3.06. The van der Waals surface area contributed by atoms with Crippen molar-refractivity contribution in [2.75, 3.05) is 19.6 Å². The molecule has 2 aliphatic heterocycles. The third-order valence-corrected chi connectivity index (χ3v) is 4.89. The number of rotatable bonds is 4. The fourth-order valence-corrected chi connectivity index (χ4v) is 3.79. The van der Waals surface area contributed by atoms with Crippen molar-refractivity contribution < 1.29 is 4.79 Å². The SMILES string of the molecule is Cc1cccc(CN2Cc3ccnn3[C@H](CN3CCCC3=O)C2)n1. The second kappa shape index (κ2) is 6.36. The maximum atomic E-state index is 12.0. The lowest BCUT2D eigenvalue weighted by molar-refractivity contribution is -0.128. The molecule has 0 N–H and O–H groups in total. The molecule has 0 radical (unpaired) electrons. The minimum absolute atomic E-state index is 0.218. The second-order valence-corrected chi connectivity index (χ2v) is 6.80. The normalized spacial score (nSPS) is 21.3. The first kappa shape index (κ1) is 15.3. The van der Waals surface area contributed by atoms with Crippen LogP contribution in [-0.2, 0) is 17.9 Å². The Bertz CT molecular complexity index is 741. The van der Waals surface area contributed by atoms with E-state index in [0.717, 1.165) is 50.5 Å². The first-order chi connectivity index (χ1) is 11.7. The fourth-order valence-electron chi connectivity index (χ4n) is 3.79. The van der Waals surface area contributed by atoms with E-state index in [0.29, 0.717) is 6.42 Å². The molecule has 1 saturated heterocycles. The van der Waals surface area contributed by atoms with Crippen molar-refractivity contribution in [3.63, 3.8) is 0 Å². The topological polar surface area (TPSA) is 54.3 Å². The van der Waals surface area contributed by atoms with Gasteiger partial charge in [-0.15, -0.1) is 0 Å². The summed E-state index contributed by atoms with van der Waals surface area (Å²) in [5, 5.41) is 4.50. The van der Waals surface area contributed by atoms with Crippen LogP contribution in [0.2, 0.25) is 0 Å². The number of fused-ring (bicyclic) bond motifs is 1. The molecular formula is C18H23N5O. The molecule has 2 aliphatic rings. The summed E-state index contributed by atoms with van der Waals surface area (Å²) >= 11 is 0. The highest BCUT2D eigenvalue weighted by Gasteiger charge is 2.30. The Hall–Kier alpha value is -2.21. The largest absolute Gasteiger partial charge is 0.340 e. The molecule has 0 aromatic carbocycles. The van der Waals surface area contributed by atoms with Gasteiger partial charge in [0.1, 0.15) is 0 Å². The summed E-state index contributed by atoms with van der Waals surface area (Å²) < 4.78 is 2.10.